The molecule has 0 aliphatic heterocycles. The molecule has 5 nitrogen and oxygen atoms in total. The van der Waals surface area contributed by atoms with Gasteiger partial charge in [-0.2, -0.15) is 0 Å². The predicted octanol–water partition coefficient (Wildman–Crippen LogP) is 2.49. The summed E-state index contributed by atoms with van der Waals surface area (Å²) in [6.45, 7) is 3.17. The van der Waals surface area contributed by atoms with E-state index in [0.29, 0.717) is 6.61 Å². The van der Waals surface area contributed by atoms with Gasteiger partial charge >= 0.3 is 0 Å². The van der Waals surface area contributed by atoms with Crippen LogP contribution >= 0.6 is 0 Å². The molecule has 106 valence electrons. The molecule has 0 radical (unpaired) electrons. The Morgan fingerprint density at radius 2 is 1.75 bits per heavy atom. The first-order chi connectivity index (χ1) is 9.72. The number of aryl methyl sites for hydroxylation is 1. The summed E-state index contributed by atoms with van der Waals surface area (Å²) < 4.78 is 13.3. The van der Waals surface area contributed by atoms with Crippen LogP contribution in [0, 0.1) is 12.8 Å². The van der Waals surface area contributed by atoms with E-state index in [1.165, 1.54) is 12.8 Å². The van der Waals surface area contributed by atoms with Crippen molar-refractivity contribution in [3.8, 4) is 11.5 Å². The highest BCUT2D eigenvalue weighted by Crippen LogP contribution is 2.29. The third-order valence-electron chi connectivity index (χ3n) is 3.56. The second kappa shape index (κ2) is 5.53. The Balaban J connectivity index is 1.53. The van der Waals surface area contributed by atoms with Crippen molar-refractivity contribution < 1.29 is 9.47 Å². The number of hydrogen-bond acceptors (Lipinski definition) is 4. The fourth-order valence-electron chi connectivity index (χ4n) is 1.86. The summed E-state index contributed by atoms with van der Waals surface area (Å²) in [5.74, 6) is 4.18. The Kier molecular flexibility index (Phi) is 3.58. The first kappa shape index (κ1) is 13.0. The predicted molar refractivity (Wildman–Crippen MR) is 74.7 cm³/mol. The van der Waals surface area contributed by atoms with E-state index in [2.05, 4.69) is 10.2 Å². The summed E-state index contributed by atoms with van der Waals surface area (Å²) in [6.07, 6.45) is 2.61. The Bertz CT molecular complexity index is 573. The van der Waals surface area contributed by atoms with Crippen molar-refractivity contribution in [2.24, 2.45) is 13.0 Å². The van der Waals surface area contributed by atoms with E-state index in [1.54, 1.807) is 0 Å². The molecule has 1 fully saturated rings. The minimum absolute atomic E-state index is 0.416. The van der Waals surface area contributed by atoms with Crippen molar-refractivity contribution >= 4 is 0 Å². The van der Waals surface area contributed by atoms with Gasteiger partial charge in [0, 0.05) is 7.05 Å². The molecule has 0 atom stereocenters. The zero-order chi connectivity index (χ0) is 13.9. The lowest BCUT2D eigenvalue weighted by Crippen LogP contribution is -2.04. The normalized spacial score (nSPS) is 14.3. The van der Waals surface area contributed by atoms with E-state index in [-0.39, 0.29) is 0 Å². The van der Waals surface area contributed by atoms with E-state index in [9.17, 15) is 0 Å². The van der Waals surface area contributed by atoms with Crippen LogP contribution in [-0.4, -0.2) is 21.4 Å². The van der Waals surface area contributed by atoms with Gasteiger partial charge in [-0.15, -0.1) is 10.2 Å². The number of hydrogen-bond donors (Lipinski definition) is 0. The number of rotatable bonds is 6. The molecule has 3 rings (SSSR count). The van der Waals surface area contributed by atoms with Gasteiger partial charge < -0.3 is 14.0 Å². The molecular weight excluding hydrogens is 254 g/mol. The van der Waals surface area contributed by atoms with Crippen LogP contribution in [0.2, 0.25) is 0 Å². The molecule has 0 bridgehead atoms. The van der Waals surface area contributed by atoms with Gasteiger partial charge in [0.25, 0.3) is 0 Å². The second-order valence-corrected chi connectivity index (χ2v) is 5.24. The topological polar surface area (TPSA) is 49.2 Å². The Labute approximate surface area is 118 Å². The average molecular weight is 273 g/mol. The number of nitrogens with zero attached hydrogens (tertiary/aromatic N) is 3. The van der Waals surface area contributed by atoms with E-state index in [0.717, 1.165) is 35.7 Å². The van der Waals surface area contributed by atoms with Crippen molar-refractivity contribution in [2.45, 2.75) is 26.4 Å². The zero-order valence-corrected chi connectivity index (χ0v) is 11.9. The van der Waals surface area contributed by atoms with Gasteiger partial charge in [0.1, 0.15) is 23.9 Å². The third kappa shape index (κ3) is 3.10. The molecule has 1 aliphatic carbocycles. The van der Waals surface area contributed by atoms with Gasteiger partial charge in [-0.05, 0) is 49.9 Å². The summed E-state index contributed by atoms with van der Waals surface area (Å²) in [5, 5.41) is 8.07. The van der Waals surface area contributed by atoms with Crippen LogP contribution in [0.15, 0.2) is 24.3 Å². The van der Waals surface area contributed by atoms with Crippen LogP contribution in [0.4, 0.5) is 0 Å². The number of benzene rings is 1. The third-order valence-corrected chi connectivity index (χ3v) is 3.56. The monoisotopic (exact) mass is 273 g/mol. The van der Waals surface area contributed by atoms with Crippen LogP contribution in [0.25, 0.3) is 0 Å². The molecule has 0 unspecified atom stereocenters. The lowest BCUT2D eigenvalue weighted by Gasteiger charge is -2.08. The molecule has 1 aliphatic rings. The van der Waals surface area contributed by atoms with Crippen molar-refractivity contribution in [2.75, 3.05) is 6.61 Å². The molecule has 1 aromatic carbocycles. The van der Waals surface area contributed by atoms with E-state index < -0.39 is 0 Å². The van der Waals surface area contributed by atoms with Crippen molar-refractivity contribution in [1.82, 2.24) is 14.8 Å². The molecule has 1 aromatic heterocycles. The van der Waals surface area contributed by atoms with Crippen molar-refractivity contribution in [3.63, 3.8) is 0 Å². The summed E-state index contributed by atoms with van der Waals surface area (Å²) in [7, 11) is 1.93. The lowest BCUT2D eigenvalue weighted by atomic mass is 10.3. The molecule has 0 amide bonds. The van der Waals surface area contributed by atoms with Crippen molar-refractivity contribution in [1.29, 1.82) is 0 Å². The van der Waals surface area contributed by atoms with Gasteiger partial charge in [-0.3, -0.25) is 0 Å². The smallest absolute Gasteiger partial charge is 0.170 e. The van der Waals surface area contributed by atoms with Crippen molar-refractivity contribution in [3.05, 3.63) is 35.9 Å². The van der Waals surface area contributed by atoms with Crippen LogP contribution in [0.1, 0.15) is 24.5 Å². The molecule has 0 saturated heterocycles. The van der Waals surface area contributed by atoms with Gasteiger partial charge in [0.2, 0.25) is 0 Å². The maximum absolute atomic E-state index is 5.70. The zero-order valence-electron chi connectivity index (χ0n) is 11.9. The molecule has 1 saturated carbocycles. The average Bonchev–Trinajstić information content (AvgIpc) is 3.24. The molecule has 0 N–H and O–H groups in total. The van der Waals surface area contributed by atoms with Gasteiger partial charge in [0.15, 0.2) is 5.82 Å². The summed E-state index contributed by atoms with van der Waals surface area (Å²) in [6, 6.07) is 7.73. The molecule has 2 aromatic rings. The van der Waals surface area contributed by atoms with E-state index in [4.69, 9.17) is 9.47 Å². The fraction of sp³-hybridized carbons (Fsp3) is 0.467. The quantitative estimate of drug-likeness (QED) is 0.811. The fourth-order valence-corrected chi connectivity index (χ4v) is 1.86. The Morgan fingerprint density at radius 1 is 1.10 bits per heavy atom. The maximum Gasteiger partial charge on any atom is 0.170 e. The standard InChI is InChI=1S/C15H19N3O2/c1-11-16-17-15(18(11)2)10-20-14-7-5-13(6-8-14)19-9-12-3-4-12/h5-8,12H,3-4,9-10H2,1-2H3. The van der Waals surface area contributed by atoms with Gasteiger partial charge in [-0.25, -0.2) is 0 Å². The minimum atomic E-state index is 0.416. The van der Waals surface area contributed by atoms with Gasteiger partial charge in [0.05, 0.1) is 6.61 Å². The minimum Gasteiger partial charge on any atom is -0.493 e. The highest BCUT2D eigenvalue weighted by Gasteiger charge is 2.21. The molecule has 0 spiro atoms. The maximum atomic E-state index is 5.70. The largest absolute Gasteiger partial charge is 0.493 e. The van der Waals surface area contributed by atoms with E-state index >= 15 is 0 Å². The molecule has 20 heavy (non-hydrogen) atoms. The first-order valence-electron chi connectivity index (χ1n) is 6.93. The van der Waals surface area contributed by atoms with E-state index in [1.807, 2.05) is 42.8 Å². The van der Waals surface area contributed by atoms with Crippen LogP contribution in [0.3, 0.4) is 0 Å². The highest BCUT2D eigenvalue weighted by atomic mass is 16.5. The molecule has 5 heteroatoms. The van der Waals surface area contributed by atoms with Crippen LogP contribution in [-0.2, 0) is 13.7 Å². The second-order valence-electron chi connectivity index (χ2n) is 5.24. The van der Waals surface area contributed by atoms with Crippen LogP contribution in [0.5, 0.6) is 11.5 Å². The van der Waals surface area contributed by atoms with Gasteiger partial charge in [-0.1, -0.05) is 0 Å². The highest BCUT2D eigenvalue weighted by molar-refractivity contribution is 5.31. The number of aromatic nitrogens is 3. The Morgan fingerprint density at radius 3 is 2.30 bits per heavy atom. The summed E-state index contributed by atoms with van der Waals surface area (Å²) in [4.78, 5) is 0. The Hall–Kier alpha value is -2.04. The molecular formula is C15H19N3O2. The first-order valence-corrected chi connectivity index (χ1v) is 6.93. The summed E-state index contributed by atoms with van der Waals surface area (Å²) in [5.41, 5.74) is 0. The number of ether oxygens (including phenoxy) is 2. The van der Waals surface area contributed by atoms with Crippen LogP contribution < -0.4 is 9.47 Å². The SMILES string of the molecule is Cc1nnc(COc2ccc(OCC3CC3)cc2)n1C. The molecule has 1 heterocycles. The lowest BCUT2D eigenvalue weighted by molar-refractivity contribution is 0.286. The summed E-state index contributed by atoms with van der Waals surface area (Å²) >= 11 is 0.